The second-order valence-electron chi connectivity index (χ2n) is 1.04. The van der Waals surface area contributed by atoms with Crippen LogP contribution in [0.15, 0.2) is 0 Å². The van der Waals surface area contributed by atoms with Crippen LogP contribution < -0.4 is 4.89 Å². The monoisotopic (exact) mass is 121 g/mol. The Hall–Kier alpha value is -0.140. The Morgan fingerprint density at radius 3 is 2.57 bits per heavy atom. The summed E-state index contributed by atoms with van der Waals surface area (Å²) in [5.74, 6) is -0.886. The van der Waals surface area contributed by atoms with E-state index in [9.17, 15) is 9.69 Å². The zero-order chi connectivity index (χ0) is 5.70. The average molecular weight is 121 g/mol. The first-order valence-corrected chi connectivity index (χ1v) is 2.95. The van der Waals surface area contributed by atoms with Crippen LogP contribution >= 0.6 is 8.81 Å². The molecule has 0 rings (SSSR count). The van der Waals surface area contributed by atoms with Crippen LogP contribution in [0.2, 0.25) is 0 Å². The van der Waals surface area contributed by atoms with Gasteiger partial charge in [0.1, 0.15) is 0 Å². The second-order valence-corrected chi connectivity index (χ2v) is 1.83. The zero-order valence-corrected chi connectivity index (χ0v) is 4.68. The third-order valence-corrected chi connectivity index (χ3v) is 0.895. The van der Waals surface area contributed by atoms with E-state index in [0.29, 0.717) is 0 Å². The lowest BCUT2D eigenvalue weighted by molar-refractivity contribution is -0.151. The normalized spacial score (nSPS) is 10.4. The Morgan fingerprint density at radius 2 is 2.43 bits per heavy atom. The summed E-state index contributed by atoms with van der Waals surface area (Å²) in [5, 5.41) is 7.91. The molecule has 0 aromatic carbocycles. The van der Waals surface area contributed by atoms with Gasteiger partial charge in [0.15, 0.2) is 0 Å². The highest BCUT2D eigenvalue weighted by Crippen LogP contribution is 1.95. The minimum atomic E-state index is -0.886. The van der Waals surface area contributed by atoms with Gasteiger partial charge in [-0.3, -0.25) is 4.79 Å². The fourth-order valence-electron chi connectivity index (χ4n) is 0.158. The molecule has 0 radical (unpaired) electrons. The molecule has 0 heterocycles. The minimum absolute atomic E-state index is 0.0158. The highest BCUT2D eigenvalue weighted by Gasteiger charge is 1.88. The van der Waals surface area contributed by atoms with Crippen LogP contribution in [0.5, 0.6) is 0 Å². The molecule has 0 aliphatic carbocycles. The van der Waals surface area contributed by atoms with E-state index in [1.807, 2.05) is 0 Å². The lowest BCUT2D eigenvalue weighted by atomic mass is 10.5. The van der Waals surface area contributed by atoms with Crippen molar-refractivity contribution >= 4 is 14.8 Å². The Balaban J connectivity index is 2.82. The first-order valence-electron chi connectivity index (χ1n) is 1.84. The first kappa shape index (κ1) is 6.86. The van der Waals surface area contributed by atoms with E-state index in [0.717, 1.165) is 0 Å². The third-order valence-electron chi connectivity index (χ3n) is 0.441. The van der Waals surface area contributed by atoms with Gasteiger partial charge in [-0.25, -0.2) is 8.81 Å². The summed E-state index contributed by atoms with van der Waals surface area (Å²) in [4.78, 5) is 19.2. The molecule has 4 heteroatoms. The smallest absolute Gasteiger partial charge is 0.303 e. The van der Waals surface area contributed by atoms with Gasteiger partial charge in [-0.05, 0) is 6.16 Å². The van der Waals surface area contributed by atoms with Gasteiger partial charge in [0, 0.05) is 6.42 Å². The van der Waals surface area contributed by atoms with E-state index in [4.69, 9.17) is 5.11 Å². The molecule has 0 aliphatic heterocycles. The summed E-state index contributed by atoms with van der Waals surface area (Å²) in [6.45, 7) is 0. The van der Waals surface area contributed by atoms with E-state index < -0.39 is 14.8 Å². The van der Waals surface area contributed by atoms with Gasteiger partial charge < -0.3 is 10.00 Å². The van der Waals surface area contributed by atoms with Crippen molar-refractivity contribution in [2.24, 2.45) is 0 Å². The maximum absolute atomic E-state index is 9.62. The summed E-state index contributed by atoms with van der Waals surface area (Å²) in [5.41, 5.74) is 0. The van der Waals surface area contributed by atoms with Crippen LogP contribution in [0.3, 0.4) is 0 Å². The minimum Gasteiger partial charge on any atom is -0.832 e. The fourth-order valence-corrected chi connectivity index (χ4v) is 0.474. The van der Waals surface area contributed by atoms with E-state index in [1.54, 1.807) is 0 Å². The van der Waals surface area contributed by atoms with Gasteiger partial charge in [-0.15, -0.1) is 0 Å². The molecule has 0 amide bonds. The van der Waals surface area contributed by atoms with Crippen LogP contribution in [0, 0.1) is 0 Å². The predicted molar refractivity (Wildman–Crippen MR) is 25.4 cm³/mol. The van der Waals surface area contributed by atoms with Gasteiger partial charge >= 0.3 is 5.97 Å². The van der Waals surface area contributed by atoms with Crippen LogP contribution in [-0.2, 0) is 4.79 Å². The van der Waals surface area contributed by atoms with E-state index in [2.05, 4.69) is 0 Å². The van der Waals surface area contributed by atoms with Crippen molar-refractivity contribution in [2.45, 2.75) is 6.42 Å². The first-order chi connectivity index (χ1) is 3.27. The number of hydrogen-bond donors (Lipinski definition) is 1. The highest BCUT2D eigenvalue weighted by molar-refractivity contribution is 7.29. The van der Waals surface area contributed by atoms with Gasteiger partial charge in [0.25, 0.3) is 0 Å². The van der Waals surface area contributed by atoms with Gasteiger partial charge in [-0.1, -0.05) is 0 Å². The number of carbonyl (C=O) groups is 1. The molecule has 0 fully saturated rings. The fraction of sp³-hybridized carbons (Fsp3) is 0.667. The summed E-state index contributed by atoms with van der Waals surface area (Å²) < 4.78 is 0. The number of hydrogen-bond acceptors (Lipinski definition) is 2. The maximum atomic E-state index is 9.62. The van der Waals surface area contributed by atoms with Crippen molar-refractivity contribution in [3.8, 4) is 0 Å². The Kier molecular flexibility index (Phi) is 3.95. The van der Waals surface area contributed by atoms with Crippen molar-refractivity contribution in [3.05, 3.63) is 0 Å². The second kappa shape index (κ2) is 4.03. The number of carboxylic acids is 1. The lowest BCUT2D eigenvalue weighted by Gasteiger charge is -1.97. The Morgan fingerprint density at radius 1 is 1.86 bits per heavy atom. The molecule has 42 valence electrons. The molecule has 0 saturated heterocycles. The molecule has 0 aliphatic rings. The lowest BCUT2D eigenvalue weighted by Crippen LogP contribution is -1.97. The molecule has 7 heavy (non-hydrogen) atoms. The van der Waals surface area contributed by atoms with Gasteiger partial charge in [0.2, 0.25) is 0 Å². The third kappa shape index (κ3) is 5.86. The predicted octanol–water partition coefficient (Wildman–Crippen LogP) is -0.585. The molecular formula is C3H6O3P-. The van der Waals surface area contributed by atoms with Crippen molar-refractivity contribution in [3.63, 3.8) is 0 Å². The number of carboxylic acid groups (broad SMARTS) is 1. The van der Waals surface area contributed by atoms with Crippen LogP contribution in [0.1, 0.15) is 6.42 Å². The van der Waals surface area contributed by atoms with Crippen molar-refractivity contribution in [2.75, 3.05) is 6.16 Å². The average Bonchev–Trinajstić information content (AvgIpc) is 1.61. The molecule has 1 atom stereocenters. The molecule has 0 saturated carbocycles. The largest absolute Gasteiger partial charge is 0.832 e. The summed E-state index contributed by atoms with van der Waals surface area (Å²) >= 11 is 0. The number of aliphatic carboxylic acids is 1. The Bertz CT molecular complexity index is 63.2. The van der Waals surface area contributed by atoms with Crippen molar-refractivity contribution in [1.29, 1.82) is 0 Å². The van der Waals surface area contributed by atoms with E-state index >= 15 is 0 Å². The molecule has 3 nitrogen and oxygen atoms in total. The SMILES string of the molecule is O=C(O)CCP[O-]. The van der Waals surface area contributed by atoms with Gasteiger partial charge in [0.05, 0.1) is 0 Å². The standard InChI is InChI=1S/C3H6O3P/c4-3(5)1-2-7-6/h7H,1-2H2,(H,4,5)/q-1. The van der Waals surface area contributed by atoms with Crippen molar-refractivity contribution in [1.82, 2.24) is 0 Å². The van der Waals surface area contributed by atoms with Crippen molar-refractivity contribution < 1.29 is 14.8 Å². The maximum Gasteiger partial charge on any atom is 0.303 e. The molecule has 1 N–H and O–H groups in total. The molecule has 0 spiro atoms. The van der Waals surface area contributed by atoms with Crippen LogP contribution in [0.25, 0.3) is 0 Å². The van der Waals surface area contributed by atoms with E-state index in [1.165, 1.54) is 0 Å². The zero-order valence-electron chi connectivity index (χ0n) is 3.68. The topological polar surface area (TPSA) is 60.4 Å². The van der Waals surface area contributed by atoms with Crippen LogP contribution in [0.4, 0.5) is 0 Å². The molecule has 1 unspecified atom stereocenters. The molecular weight excluding hydrogens is 115 g/mol. The van der Waals surface area contributed by atoms with Gasteiger partial charge in [-0.2, -0.15) is 0 Å². The highest BCUT2D eigenvalue weighted by atomic mass is 31.1. The number of rotatable bonds is 3. The Labute approximate surface area is 43.2 Å². The summed E-state index contributed by atoms with van der Waals surface area (Å²) in [7, 11) is -0.480. The quantitative estimate of drug-likeness (QED) is 0.508. The summed E-state index contributed by atoms with van der Waals surface area (Å²) in [6.07, 6.45) is 0.289. The molecule has 0 aromatic heterocycles. The molecule has 0 aromatic rings. The van der Waals surface area contributed by atoms with E-state index in [-0.39, 0.29) is 12.6 Å². The molecule has 0 bridgehead atoms. The summed E-state index contributed by atoms with van der Waals surface area (Å²) in [6, 6.07) is 0. The van der Waals surface area contributed by atoms with Crippen LogP contribution in [-0.4, -0.2) is 17.2 Å².